The van der Waals surface area contributed by atoms with Gasteiger partial charge in [0.15, 0.2) is 11.5 Å². The van der Waals surface area contributed by atoms with Crippen molar-refractivity contribution in [3.8, 4) is 11.5 Å². The SMILES string of the molecule is COc1cc(C(=O)O)ccc1OC1CC2CCC(C1)N2C. The number of ether oxygens (including phenoxy) is 2. The van der Waals surface area contributed by atoms with Crippen molar-refractivity contribution in [1.82, 2.24) is 4.90 Å². The Morgan fingerprint density at radius 3 is 2.48 bits per heavy atom. The molecule has 1 aromatic carbocycles. The van der Waals surface area contributed by atoms with Crippen LogP contribution in [0.1, 0.15) is 36.0 Å². The lowest BCUT2D eigenvalue weighted by Gasteiger charge is -2.36. The summed E-state index contributed by atoms with van der Waals surface area (Å²) < 4.78 is 11.4. The lowest BCUT2D eigenvalue weighted by molar-refractivity contribution is 0.0642. The standard InChI is InChI=1S/C16H21NO4/c1-17-11-4-5-12(17)9-13(8-11)21-14-6-3-10(16(18)19)7-15(14)20-2/h3,6-7,11-13H,4-5,8-9H2,1-2H3,(H,18,19). The van der Waals surface area contributed by atoms with Gasteiger partial charge in [-0.25, -0.2) is 4.79 Å². The average Bonchev–Trinajstić information content (AvgIpc) is 2.70. The van der Waals surface area contributed by atoms with Crippen LogP contribution in [0.5, 0.6) is 11.5 Å². The van der Waals surface area contributed by atoms with Gasteiger partial charge in [0, 0.05) is 12.1 Å². The van der Waals surface area contributed by atoms with Gasteiger partial charge in [0.1, 0.15) is 6.10 Å². The van der Waals surface area contributed by atoms with Crippen LogP contribution in [0.15, 0.2) is 18.2 Å². The zero-order valence-corrected chi connectivity index (χ0v) is 12.4. The highest BCUT2D eigenvalue weighted by atomic mass is 16.5. The zero-order chi connectivity index (χ0) is 15.0. The van der Waals surface area contributed by atoms with Gasteiger partial charge in [-0.05, 0) is 50.9 Å². The number of aromatic carboxylic acids is 1. The third-order valence-corrected chi connectivity index (χ3v) is 4.76. The van der Waals surface area contributed by atoms with Gasteiger partial charge in [0.25, 0.3) is 0 Å². The zero-order valence-electron chi connectivity index (χ0n) is 12.4. The van der Waals surface area contributed by atoms with E-state index in [1.165, 1.54) is 26.0 Å². The normalized spacial score (nSPS) is 28.4. The Labute approximate surface area is 124 Å². The summed E-state index contributed by atoms with van der Waals surface area (Å²) in [7, 11) is 3.73. The molecule has 2 unspecified atom stereocenters. The molecule has 2 atom stereocenters. The Morgan fingerprint density at radius 1 is 1.24 bits per heavy atom. The molecule has 0 amide bonds. The molecule has 2 aliphatic heterocycles. The van der Waals surface area contributed by atoms with E-state index in [4.69, 9.17) is 14.6 Å². The first-order chi connectivity index (χ1) is 10.1. The molecule has 0 spiro atoms. The number of hydrogen-bond acceptors (Lipinski definition) is 4. The number of methoxy groups -OCH3 is 1. The molecule has 2 fully saturated rings. The summed E-state index contributed by atoms with van der Waals surface area (Å²) in [6.07, 6.45) is 4.73. The van der Waals surface area contributed by atoms with Crippen molar-refractivity contribution in [2.75, 3.05) is 14.2 Å². The number of benzene rings is 1. The van der Waals surface area contributed by atoms with Crippen LogP contribution in [0.25, 0.3) is 0 Å². The molecule has 5 heteroatoms. The minimum Gasteiger partial charge on any atom is -0.493 e. The van der Waals surface area contributed by atoms with Gasteiger partial charge < -0.3 is 19.5 Å². The van der Waals surface area contributed by atoms with E-state index in [1.807, 2.05) is 0 Å². The van der Waals surface area contributed by atoms with E-state index in [0.717, 1.165) is 12.8 Å². The van der Waals surface area contributed by atoms with Crippen molar-refractivity contribution in [3.63, 3.8) is 0 Å². The molecule has 2 bridgehead atoms. The highest BCUT2D eigenvalue weighted by Gasteiger charge is 2.39. The summed E-state index contributed by atoms with van der Waals surface area (Å²) >= 11 is 0. The van der Waals surface area contributed by atoms with Gasteiger partial charge in [-0.15, -0.1) is 0 Å². The van der Waals surface area contributed by atoms with Crippen LogP contribution in [0.3, 0.4) is 0 Å². The summed E-state index contributed by atoms with van der Waals surface area (Å²) in [5.74, 6) is 0.162. The van der Waals surface area contributed by atoms with E-state index in [9.17, 15) is 4.79 Å². The van der Waals surface area contributed by atoms with Crippen molar-refractivity contribution >= 4 is 5.97 Å². The minimum atomic E-state index is -0.961. The lowest BCUT2D eigenvalue weighted by Crippen LogP contribution is -2.43. The number of piperidine rings is 1. The predicted octanol–water partition coefficient (Wildman–Crippen LogP) is 2.40. The summed E-state index contributed by atoms with van der Waals surface area (Å²) in [4.78, 5) is 13.5. The quantitative estimate of drug-likeness (QED) is 0.923. The first-order valence-corrected chi connectivity index (χ1v) is 7.38. The smallest absolute Gasteiger partial charge is 0.335 e. The molecule has 1 aromatic rings. The van der Waals surface area contributed by atoms with Crippen LogP contribution < -0.4 is 9.47 Å². The molecule has 2 aliphatic rings. The summed E-state index contributed by atoms with van der Waals surface area (Å²) in [6.45, 7) is 0. The number of carbonyl (C=O) groups is 1. The Bertz CT molecular complexity index is 531. The highest BCUT2D eigenvalue weighted by Crippen LogP contribution is 2.37. The van der Waals surface area contributed by atoms with Crippen molar-refractivity contribution in [2.45, 2.75) is 43.9 Å². The van der Waals surface area contributed by atoms with Crippen LogP contribution in [-0.4, -0.2) is 48.3 Å². The number of hydrogen-bond donors (Lipinski definition) is 1. The lowest BCUT2D eigenvalue weighted by atomic mass is 10.0. The second kappa shape index (κ2) is 5.56. The predicted molar refractivity (Wildman–Crippen MR) is 78.2 cm³/mol. The molecule has 5 nitrogen and oxygen atoms in total. The maximum Gasteiger partial charge on any atom is 0.335 e. The van der Waals surface area contributed by atoms with Gasteiger partial charge in [0.05, 0.1) is 12.7 Å². The largest absolute Gasteiger partial charge is 0.493 e. The molecule has 0 radical (unpaired) electrons. The van der Waals surface area contributed by atoms with Crippen LogP contribution in [0.4, 0.5) is 0 Å². The van der Waals surface area contributed by atoms with Gasteiger partial charge in [-0.3, -0.25) is 0 Å². The molecule has 2 saturated heterocycles. The summed E-state index contributed by atoms with van der Waals surface area (Å²) in [5.41, 5.74) is 0.211. The Balaban J connectivity index is 1.74. The third kappa shape index (κ3) is 2.70. The number of carboxylic acid groups (broad SMARTS) is 1. The molecule has 3 rings (SSSR count). The highest BCUT2D eigenvalue weighted by molar-refractivity contribution is 5.88. The van der Waals surface area contributed by atoms with E-state index in [1.54, 1.807) is 12.1 Å². The monoisotopic (exact) mass is 291 g/mol. The van der Waals surface area contributed by atoms with Crippen LogP contribution in [0, 0.1) is 0 Å². The van der Waals surface area contributed by atoms with Gasteiger partial charge in [-0.2, -0.15) is 0 Å². The molecule has 21 heavy (non-hydrogen) atoms. The molecular formula is C16H21NO4. The molecule has 0 saturated carbocycles. The Kier molecular flexibility index (Phi) is 3.76. The molecule has 0 aromatic heterocycles. The fourth-order valence-electron chi connectivity index (χ4n) is 3.54. The van der Waals surface area contributed by atoms with Crippen LogP contribution in [0.2, 0.25) is 0 Å². The Morgan fingerprint density at radius 2 is 1.90 bits per heavy atom. The molecule has 114 valence electrons. The van der Waals surface area contributed by atoms with Gasteiger partial charge in [-0.1, -0.05) is 0 Å². The van der Waals surface area contributed by atoms with Gasteiger partial charge >= 0.3 is 5.97 Å². The summed E-state index contributed by atoms with van der Waals surface area (Å²) in [6, 6.07) is 5.99. The second-order valence-electron chi connectivity index (χ2n) is 5.93. The molecule has 2 heterocycles. The summed E-state index contributed by atoms with van der Waals surface area (Å²) in [5, 5.41) is 9.02. The van der Waals surface area contributed by atoms with E-state index < -0.39 is 5.97 Å². The minimum absolute atomic E-state index is 0.184. The Hall–Kier alpha value is -1.75. The first-order valence-electron chi connectivity index (χ1n) is 7.38. The fraction of sp³-hybridized carbons (Fsp3) is 0.562. The number of rotatable bonds is 4. The third-order valence-electron chi connectivity index (χ3n) is 4.76. The topological polar surface area (TPSA) is 59.0 Å². The average molecular weight is 291 g/mol. The molecule has 0 aliphatic carbocycles. The molecule has 1 N–H and O–H groups in total. The van der Waals surface area contributed by atoms with Crippen molar-refractivity contribution in [2.24, 2.45) is 0 Å². The van der Waals surface area contributed by atoms with Crippen molar-refractivity contribution in [3.05, 3.63) is 23.8 Å². The maximum absolute atomic E-state index is 11.0. The van der Waals surface area contributed by atoms with Crippen LogP contribution in [-0.2, 0) is 0 Å². The van der Waals surface area contributed by atoms with Gasteiger partial charge in [0.2, 0.25) is 0 Å². The number of carboxylic acids is 1. The van der Waals surface area contributed by atoms with E-state index in [-0.39, 0.29) is 11.7 Å². The van der Waals surface area contributed by atoms with Crippen molar-refractivity contribution in [1.29, 1.82) is 0 Å². The van der Waals surface area contributed by atoms with E-state index in [0.29, 0.717) is 23.6 Å². The second-order valence-corrected chi connectivity index (χ2v) is 5.93. The first kappa shape index (κ1) is 14.2. The fourth-order valence-corrected chi connectivity index (χ4v) is 3.54. The van der Waals surface area contributed by atoms with E-state index in [2.05, 4.69) is 11.9 Å². The maximum atomic E-state index is 11.0. The number of fused-ring (bicyclic) bond motifs is 2. The van der Waals surface area contributed by atoms with Crippen LogP contribution >= 0.6 is 0 Å². The molecular weight excluding hydrogens is 270 g/mol. The van der Waals surface area contributed by atoms with Crippen molar-refractivity contribution < 1.29 is 19.4 Å². The number of nitrogens with zero attached hydrogens (tertiary/aromatic N) is 1. The van der Waals surface area contributed by atoms with E-state index >= 15 is 0 Å².